The molecule has 1 aliphatic rings. The van der Waals surface area contributed by atoms with Gasteiger partial charge in [0.15, 0.2) is 0 Å². The Balaban J connectivity index is 2.42. The maximum absolute atomic E-state index is 2.35. The van der Waals surface area contributed by atoms with Crippen molar-refractivity contribution in [3.05, 3.63) is 58.1 Å². The summed E-state index contributed by atoms with van der Waals surface area (Å²) in [5.41, 5.74) is 10.2. The topological polar surface area (TPSA) is 0 Å². The minimum absolute atomic E-state index is 0.132. The Bertz CT molecular complexity index is 645. The van der Waals surface area contributed by atoms with E-state index in [-0.39, 0.29) is 5.41 Å². The maximum atomic E-state index is 2.35. The smallest absolute Gasteiger partial charge is 0.0161 e. The van der Waals surface area contributed by atoms with E-state index in [9.17, 15) is 0 Å². The van der Waals surface area contributed by atoms with Crippen LogP contribution in [0, 0.1) is 20.8 Å². The van der Waals surface area contributed by atoms with Gasteiger partial charge >= 0.3 is 0 Å². The highest BCUT2D eigenvalue weighted by atomic mass is 14.4. The van der Waals surface area contributed by atoms with Gasteiger partial charge in [0, 0.05) is 5.41 Å². The van der Waals surface area contributed by atoms with Crippen LogP contribution in [0.3, 0.4) is 0 Å². The summed E-state index contributed by atoms with van der Waals surface area (Å²) in [5, 5.41) is 0. The zero-order valence-corrected chi connectivity index (χ0v) is 11.9. The molecule has 0 aromatic heterocycles. The lowest BCUT2D eigenvalue weighted by atomic mass is 9.79. The third-order valence-corrected chi connectivity index (χ3v) is 4.50. The molecule has 0 spiro atoms. The highest BCUT2D eigenvalue weighted by Crippen LogP contribution is 2.50. The van der Waals surface area contributed by atoms with Gasteiger partial charge < -0.3 is 0 Å². The van der Waals surface area contributed by atoms with Crippen molar-refractivity contribution < 1.29 is 0 Å². The lowest BCUT2D eigenvalue weighted by molar-refractivity contribution is 0.654. The number of hydrogen-bond donors (Lipinski definition) is 0. The van der Waals surface area contributed by atoms with Gasteiger partial charge in [0.2, 0.25) is 0 Å². The summed E-state index contributed by atoms with van der Waals surface area (Å²) in [7, 11) is 0. The van der Waals surface area contributed by atoms with Crippen LogP contribution in [-0.4, -0.2) is 0 Å². The van der Waals surface area contributed by atoms with Gasteiger partial charge in [-0.1, -0.05) is 49.7 Å². The first-order valence-electron chi connectivity index (χ1n) is 6.65. The Kier molecular flexibility index (Phi) is 2.22. The number of benzene rings is 2. The van der Waals surface area contributed by atoms with Crippen LogP contribution in [0.1, 0.15) is 41.7 Å². The molecule has 0 heterocycles. The maximum Gasteiger partial charge on any atom is 0.0161 e. The molecule has 2 aromatic rings. The second-order valence-electron chi connectivity index (χ2n) is 6.10. The number of fused-ring (bicyclic) bond motifs is 3. The molecule has 0 atom stereocenters. The lowest BCUT2D eigenvalue weighted by Gasteiger charge is -2.24. The molecule has 0 heteroatoms. The van der Waals surface area contributed by atoms with Crippen molar-refractivity contribution in [3.63, 3.8) is 0 Å². The fourth-order valence-electron chi connectivity index (χ4n) is 3.39. The van der Waals surface area contributed by atoms with Crippen molar-refractivity contribution in [1.82, 2.24) is 0 Å². The van der Waals surface area contributed by atoms with Crippen molar-refractivity contribution >= 4 is 0 Å². The van der Waals surface area contributed by atoms with E-state index in [0.29, 0.717) is 0 Å². The van der Waals surface area contributed by atoms with Gasteiger partial charge in [-0.15, -0.1) is 0 Å². The lowest BCUT2D eigenvalue weighted by Crippen LogP contribution is -2.17. The predicted octanol–water partition coefficient (Wildman–Crippen LogP) is 4.92. The number of hydrogen-bond acceptors (Lipinski definition) is 0. The standard InChI is InChI=1S/C18H20/c1-11-6-8-14-15-9-7-12(2)13(3)17(15)18(4,5)16(14)10-11/h6-10H,1-5H3. The summed E-state index contributed by atoms with van der Waals surface area (Å²) in [6, 6.07) is 11.4. The minimum atomic E-state index is 0.132. The molecule has 0 fully saturated rings. The van der Waals surface area contributed by atoms with Crippen LogP contribution in [0.25, 0.3) is 11.1 Å². The molecule has 0 saturated carbocycles. The zero-order chi connectivity index (χ0) is 13.1. The molecule has 0 amide bonds. The summed E-state index contributed by atoms with van der Waals surface area (Å²) >= 11 is 0. The molecule has 0 radical (unpaired) electrons. The largest absolute Gasteiger partial charge is 0.0587 e. The molecular formula is C18H20. The van der Waals surface area contributed by atoms with Crippen molar-refractivity contribution in [2.45, 2.75) is 40.0 Å². The molecule has 0 N–H and O–H groups in total. The second-order valence-corrected chi connectivity index (χ2v) is 6.10. The van der Waals surface area contributed by atoms with E-state index in [0.717, 1.165) is 0 Å². The summed E-state index contributed by atoms with van der Waals surface area (Å²) < 4.78 is 0. The quantitative estimate of drug-likeness (QED) is 0.609. The molecule has 92 valence electrons. The van der Waals surface area contributed by atoms with Crippen molar-refractivity contribution in [2.24, 2.45) is 0 Å². The highest BCUT2D eigenvalue weighted by molar-refractivity contribution is 5.82. The predicted molar refractivity (Wildman–Crippen MR) is 78.2 cm³/mol. The Morgan fingerprint density at radius 2 is 1.50 bits per heavy atom. The number of rotatable bonds is 0. The molecule has 18 heavy (non-hydrogen) atoms. The van der Waals surface area contributed by atoms with Crippen molar-refractivity contribution in [3.8, 4) is 11.1 Å². The molecule has 1 aliphatic carbocycles. The van der Waals surface area contributed by atoms with Crippen LogP contribution in [0.5, 0.6) is 0 Å². The Morgan fingerprint density at radius 1 is 0.833 bits per heavy atom. The van der Waals surface area contributed by atoms with E-state index in [1.807, 2.05) is 0 Å². The summed E-state index contributed by atoms with van der Waals surface area (Å²) in [4.78, 5) is 0. The van der Waals surface area contributed by atoms with Gasteiger partial charge in [0.25, 0.3) is 0 Å². The Labute approximate surface area is 110 Å². The molecule has 3 rings (SSSR count). The van der Waals surface area contributed by atoms with E-state index in [4.69, 9.17) is 0 Å². The van der Waals surface area contributed by atoms with Gasteiger partial charge in [-0.3, -0.25) is 0 Å². The van der Waals surface area contributed by atoms with Gasteiger partial charge in [-0.25, -0.2) is 0 Å². The van der Waals surface area contributed by atoms with Crippen LogP contribution in [0.15, 0.2) is 30.3 Å². The average molecular weight is 236 g/mol. The third kappa shape index (κ3) is 1.32. The molecule has 0 saturated heterocycles. The van der Waals surface area contributed by atoms with Crippen molar-refractivity contribution in [2.75, 3.05) is 0 Å². The minimum Gasteiger partial charge on any atom is -0.0587 e. The number of aryl methyl sites for hydroxylation is 2. The second kappa shape index (κ2) is 3.47. The first kappa shape index (κ1) is 11.5. The zero-order valence-electron chi connectivity index (χ0n) is 11.9. The van der Waals surface area contributed by atoms with Crippen LogP contribution in [0.2, 0.25) is 0 Å². The molecule has 0 aliphatic heterocycles. The fraction of sp³-hybridized carbons (Fsp3) is 0.333. The molecule has 0 nitrogen and oxygen atoms in total. The summed E-state index contributed by atoms with van der Waals surface area (Å²) in [6.07, 6.45) is 0. The SMILES string of the molecule is Cc1ccc2c(c1)C(C)(C)c1c-2ccc(C)c1C. The Hall–Kier alpha value is -1.56. The normalized spacial score (nSPS) is 15.4. The molecule has 0 unspecified atom stereocenters. The monoisotopic (exact) mass is 236 g/mol. The van der Waals surface area contributed by atoms with Crippen LogP contribution in [0.4, 0.5) is 0 Å². The van der Waals surface area contributed by atoms with E-state index < -0.39 is 0 Å². The van der Waals surface area contributed by atoms with E-state index in [1.165, 1.54) is 38.9 Å². The summed E-state index contributed by atoms with van der Waals surface area (Å²) in [5.74, 6) is 0. The van der Waals surface area contributed by atoms with Gasteiger partial charge in [-0.2, -0.15) is 0 Å². The molecular weight excluding hydrogens is 216 g/mol. The van der Waals surface area contributed by atoms with Crippen LogP contribution in [-0.2, 0) is 5.41 Å². The average Bonchev–Trinajstić information content (AvgIpc) is 2.53. The van der Waals surface area contributed by atoms with E-state index >= 15 is 0 Å². The van der Waals surface area contributed by atoms with Crippen LogP contribution < -0.4 is 0 Å². The first-order chi connectivity index (χ1) is 8.43. The summed E-state index contributed by atoms with van der Waals surface area (Å²) in [6.45, 7) is 11.3. The van der Waals surface area contributed by atoms with E-state index in [2.05, 4.69) is 65.0 Å². The third-order valence-electron chi connectivity index (χ3n) is 4.50. The van der Waals surface area contributed by atoms with Gasteiger partial charge in [0.05, 0.1) is 0 Å². The Morgan fingerprint density at radius 3 is 2.22 bits per heavy atom. The van der Waals surface area contributed by atoms with Crippen LogP contribution >= 0.6 is 0 Å². The fourth-order valence-corrected chi connectivity index (χ4v) is 3.39. The van der Waals surface area contributed by atoms with E-state index in [1.54, 1.807) is 0 Å². The van der Waals surface area contributed by atoms with Crippen molar-refractivity contribution in [1.29, 1.82) is 0 Å². The van der Waals surface area contributed by atoms with Gasteiger partial charge in [0.1, 0.15) is 0 Å². The molecule has 2 aromatic carbocycles. The van der Waals surface area contributed by atoms with Gasteiger partial charge in [-0.05, 0) is 54.2 Å². The first-order valence-corrected chi connectivity index (χ1v) is 6.65. The molecule has 0 bridgehead atoms. The highest BCUT2D eigenvalue weighted by Gasteiger charge is 2.36.